The zero-order chi connectivity index (χ0) is 13.7. The quantitative estimate of drug-likeness (QED) is 0.816. The molecule has 2 atom stereocenters. The molecule has 102 valence electrons. The lowest BCUT2D eigenvalue weighted by molar-refractivity contribution is 0.120. The summed E-state index contributed by atoms with van der Waals surface area (Å²) in [6.07, 6.45) is -0.316. The van der Waals surface area contributed by atoms with Crippen molar-refractivity contribution in [1.82, 2.24) is 5.32 Å². The Balaban J connectivity index is 2.69. The van der Waals surface area contributed by atoms with E-state index in [1.54, 1.807) is 7.11 Å². The van der Waals surface area contributed by atoms with Crippen LogP contribution in [0.3, 0.4) is 0 Å². The van der Waals surface area contributed by atoms with E-state index in [9.17, 15) is 5.11 Å². The van der Waals surface area contributed by atoms with Crippen molar-refractivity contribution in [2.45, 2.75) is 39.8 Å². The molecular formula is C15H25NO2. The maximum atomic E-state index is 9.80. The van der Waals surface area contributed by atoms with Crippen LogP contribution in [0.15, 0.2) is 18.2 Å². The van der Waals surface area contributed by atoms with Crippen molar-refractivity contribution >= 4 is 0 Å². The van der Waals surface area contributed by atoms with Gasteiger partial charge in [0, 0.05) is 18.2 Å². The lowest BCUT2D eigenvalue weighted by Crippen LogP contribution is -2.32. The van der Waals surface area contributed by atoms with Crippen LogP contribution in [-0.4, -0.2) is 24.9 Å². The predicted molar refractivity (Wildman–Crippen MR) is 75.0 cm³/mol. The molecule has 0 radical (unpaired) electrons. The molecule has 3 nitrogen and oxygen atoms in total. The molecule has 0 bridgehead atoms. The molecule has 2 N–H and O–H groups in total. The van der Waals surface area contributed by atoms with E-state index in [0.29, 0.717) is 6.54 Å². The van der Waals surface area contributed by atoms with Crippen LogP contribution in [0, 0.1) is 12.8 Å². The molecule has 0 saturated heterocycles. The second-order valence-electron chi connectivity index (χ2n) is 5.19. The average molecular weight is 251 g/mol. The summed E-state index contributed by atoms with van der Waals surface area (Å²) in [7, 11) is 1.69. The van der Waals surface area contributed by atoms with Crippen LogP contribution in [-0.2, 0) is 0 Å². The summed E-state index contributed by atoms with van der Waals surface area (Å²) < 4.78 is 5.40. The molecule has 0 fully saturated rings. The molecule has 0 aliphatic heterocycles. The molecule has 0 heterocycles. The zero-order valence-corrected chi connectivity index (χ0v) is 12.0. The van der Waals surface area contributed by atoms with Crippen molar-refractivity contribution in [3.63, 3.8) is 0 Å². The van der Waals surface area contributed by atoms with Gasteiger partial charge in [0.15, 0.2) is 0 Å². The van der Waals surface area contributed by atoms with Crippen LogP contribution < -0.4 is 10.1 Å². The SMILES string of the molecule is COc1cc(C)ccc1C(C)NCC(O)C(C)C. The second-order valence-corrected chi connectivity index (χ2v) is 5.19. The van der Waals surface area contributed by atoms with Crippen LogP contribution in [0.4, 0.5) is 0 Å². The van der Waals surface area contributed by atoms with Crippen molar-refractivity contribution in [1.29, 1.82) is 0 Å². The van der Waals surface area contributed by atoms with Crippen molar-refractivity contribution in [3.8, 4) is 5.75 Å². The average Bonchev–Trinajstić information content (AvgIpc) is 2.34. The number of ether oxygens (including phenoxy) is 1. The minimum absolute atomic E-state index is 0.161. The Kier molecular flexibility index (Phi) is 5.63. The molecule has 0 amide bonds. The molecule has 0 aliphatic carbocycles. The van der Waals surface area contributed by atoms with Crippen LogP contribution in [0.1, 0.15) is 37.9 Å². The molecule has 3 heteroatoms. The fourth-order valence-electron chi connectivity index (χ4n) is 1.82. The second kappa shape index (κ2) is 6.76. The minimum atomic E-state index is -0.316. The number of aliphatic hydroxyl groups excluding tert-OH is 1. The molecule has 0 aliphatic rings. The van der Waals surface area contributed by atoms with E-state index in [4.69, 9.17) is 4.74 Å². The molecule has 18 heavy (non-hydrogen) atoms. The maximum absolute atomic E-state index is 9.80. The van der Waals surface area contributed by atoms with Crippen molar-refractivity contribution in [3.05, 3.63) is 29.3 Å². The molecule has 0 aromatic heterocycles. The number of benzene rings is 1. The minimum Gasteiger partial charge on any atom is -0.496 e. The Morgan fingerprint density at radius 1 is 1.28 bits per heavy atom. The van der Waals surface area contributed by atoms with Gasteiger partial charge < -0.3 is 15.2 Å². The summed E-state index contributed by atoms with van der Waals surface area (Å²) in [5, 5.41) is 13.1. The van der Waals surface area contributed by atoms with Gasteiger partial charge in [0.25, 0.3) is 0 Å². The summed E-state index contributed by atoms with van der Waals surface area (Å²) in [6.45, 7) is 8.76. The maximum Gasteiger partial charge on any atom is 0.123 e. The largest absolute Gasteiger partial charge is 0.496 e. The summed E-state index contributed by atoms with van der Waals surface area (Å²) >= 11 is 0. The number of methoxy groups -OCH3 is 1. The van der Waals surface area contributed by atoms with Gasteiger partial charge in [0.05, 0.1) is 13.2 Å². The highest BCUT2D eigenvalue weighted by Crippen LogP contribution is 2.26. The Morgan fingerprint density at radius 3 is 2.50 bits per heavy atom. The molecule has 2 unspecified atom stereocenters. The monoisotopic (exact) mass is 251 g/mol. The van der Waals surface area contributed by atoms with Crippen LogP contribution in [0.25, 0.3) is 0 Å². The van der Waals surface area contributed by atoms with Crippen LogP contribution in [0.2, 0.25) is 0 Å². The first-order valence-electron chi connectivity index (χ1n) is 6.51. The van der Waals surface area contributed by atoms with Gasteiger partial charge in [-0.3, -0.25) is 0 Å². The first-order chi connectivity index (χ1) is 8.45. The summed E-state index contributed by atoms with van der Waals surface area (Å²) in [5.74, 6) is 1.17. The number of nitrogens with one attached hydrogen (secondary N) is 1. The van der Waals surface area contributed by atoms with Crippen LogP contribution in [0.5, 0.6) is 5.75 Å². The van der Waals surface area contributed by atoms with E-state index in [1.807, 2.05) is 26.8 Å². The standard InChI is InChI=1S/C15H25NO2/c1-10(2)14(17)9-16-12(4)13-7-6-11(3)8-15(13)18-5/h6-8,10,12,14,16-17H,9H2,1-5H3. The normalized spacial score (nSPS) is 14.6. The highest BCUT2D eigenvalue weighted by molar-refractivity contribution is 5.39. The predicted octanol–water partition coefficient (Wildman–Crippen LogP) is 2.67. The number of aliphatic hydroxyl groups is 1. The van der Waals surface area contributed by atoms with Gasteiger partial charge in [-0.1, -0.05) is 26.0 Å². The number of aryl methyl sites for hydroxylation is 1. The van der Waals surface area contributed by atoms with Gasteiger partial charge in [0.2, 0.25) is 0 Å². The van der Waals surface area contributed by atoms with Gasteiger partial charge in [-0.25, -0.2) is 0 Å². The molecule has 1 rings (SSSR count). The Hall–Kier alpha value is -1.06. The number of hydrogen-bond acceptors (Lipinski definition) is 3. The van der Waals surface area contributed by atoms with E-state index in [1.165, 1.54) is 5.56 Å². The molecule has 1 aromatic carbocycles. The fourth-order valence-corrected chi connectivity index (χ4v) is 1.82. The Morgan fingerprint density at radius 2 is 1.94 bits per heavy atom. The van der Waals surface area contributed by atoms with Crippen molar-refractivity contribution < 1.29 is 9.84 Å². The third kappa shape index (κ3) is 4.00. The molecular weight excluding hydrogens is 226 g/mol. The molecule has 0 saturated carbocycles. The third-order valence-electron chi connectivity index (χ3n) is 3.26. The van der Waals surface area contributed by atoms with Crippen molar-refractivity contribution in [2.24, 2.45) is 5.92 Å². The first-order valence-corrected chi connectivity index (χ1v) is 6.51. The first kappa shape index (κ1) is 15.0. The van der Waals surface area contributed by atoms with E-state index >= 15 is 0 Å². The smallest absolute Gasteiger partial charge is 0.123 e. The zero-order valence-electron chi connectivity index (χ0n) is 12.0. The van der Waals surface area contributed by atoms with Crippen molar-refractivity contribution in [2.75, 3.05) is 13.7 Å². The highest BCUT2D eigenvalue weighted by Gasteiger charge is 2.14. The van der Waals surface area contributed by atoms with E-state index in [2.05, 4.69) is 24.4 Å². The molecule has 1 aromatic rings. The number of rotatable bonds is 6. The lowest BCUT2D eigenvalue weighted by Gasteiger charge is -2.21. The van der Waals surface area contributed by atoms with Gasteiger partial charge >= 0.3 is 0 Å². The highest BCUT2D eigenvalue weighted by atomic mass is 16.5. The Bertz CT molecular complexity index is 377. The topological polar surface area (TPSA) is 41.5 Å². The summed E-state index contributed by atoms with van der Waals surface area (Å²) in [4.78, 5) is 0. The number of hydrogen-bond donors (Lipinski definition) is 2. The fraction of sp³-hybridized carbons (Fsp3) is 0.600. The molecule has 0 spiro atoms. The summed E-state index contributed by atoms with van der Waals surface area (Å²) in [6, 6.07) is 6.35. The van der Waals surface area contributed by atoms with Gasteiger partial charge in [-0.2, -0.15) is 0 Å². The van der Waals surface area contributed by atoms with Gasteiger partial charge in [0.1, 0.15) is 5.75 Å². The lowest BCUT2D eigenvalue weighted by atomic mass is 10.0. The van der Waals surface area contributed by atoms with Gasteiger partial charge in [-0.05, 0) is 31.4 Å². The third-order valence-corrected chi connectivity index (χ3v) is 3.26. The summed E-state index contributed by atoms with van der Waals surface area (Å²) in [5.41, 5.74) is 2.31. The van der Waals surface area contributed by atoms with E-state index < -0.39 is 0 Å². The van der Waals surface area contributed by atoms with Gasteiger partial charge in [-0.15, -0.1) is 0 Å². The van der Waals surface area contributed by atoms with E-state index in [0.717, 1.165) is 11.3 Å². The van der Waals surface area contributed by atoms with Crippen LogP contribution >= 0.6 is 0 Å². The van der Waals surface area contributed by atoms with E-state index in [-0.39, 0.29) is 18.1 Å². The Labute approximate surface area is 110 Å².